The van der Waals surface area contributed by atoms with Crippen LogP contribution in [0.5, 0.6) is 17.2 Å². The van der Waals surface area contributed by atoms with Crippen molar-refractivity contribution in [1.82, 2.24) is 4.98 Å². The molecule has 0 radical (unpaired) electrons. The second-order valence-corrected chi connectivity index (χ2v) is 11.5. The van der Waals surface area contributed by atoms with Crippen molar-refractivity contribution < 1.29 is 28.9 Å². The van der Waals surface area contributed by atoms with Crippen molar-refractivity contribution in [3.63, 3.8) is 0 Å². The van der Waals surface area contributed by atoms with Crippen molar-refractivity contribution in [3.8, 4) is 17.2 Å². The van der Waals surface area contributed by atoms with E-state index >= 15 is 0 Å². The second-order valence-electron chi connectivity index (χ2n) is 10.5. The smallest absolute Gasteiger partial charge is 0.301 e. The van der Waals surface area contributed by atoms with Crippen LogP contribution in [0, 0.1) is 0 Å². The SMILES string of the molecule is CCCCOc1cccc(C2C(=C(O)c3ccc4c(c3)CC(C)O4)C(=O)C(=O)N2c2nc3ccc(OCC)cc3s2)c1. The number of thiazole rings is 1. The lowest BCUT2D eigenvalue weighted by molar-refractivity contribution is -0.132. The zero-order valence-corrected chi connectivity index (χ0v) is 24.6. The molecule has 2 atom stereocenters. The molecule has 0 aliphatic carbocycles. The number of aromatic nitrogens is 1. The molecule has 1 saturated heterocycles. The molecule has 4 aromatic rings. The molecule has 42 heavy (non-hydrogen) atoms. The number of aliphatic hydroxyl groups excluding tert-OH is 1. The van der Waals surface area contributed by atoms with Crippen molar-refractivity contribution in [2.75, 3.05) is 18.1 Å². The molecule has 1 fully saturated rings. The third kappa shape index (κ3) is 5.09. The third-order valence-corrected chi connectivity index (χ3v) is 8.44. The van der Waals surface area contributed by atoms with Gasteiger partial charge in [0.1, 0.15) is 29.1 Å². The summed E-state index contributed by atoms with van der Waals surface area (Å²) < 4.78 is 18.2. The summed E-state index contributed by atoms with van der Waals surface area (Å²) >= 11 is 1.30. The van der Waals surface area contributed by atoms with Crippen LogP contribution in [0.4, 0.5) is 5.13 Å². The lowest BCUT2D eigenvalue weighted by Crippen LogP contribution is -2.29. The Hall–Kier alpha value is -4.37. The van der Waals surface area contributed by atoms with Crippen molar-refractivity contribution in [3.05, 3.63) is 82.9 Å². The van der Waals surface area contributed by atoms with Crippen molar-refractivity contribution in [1.29, 1.82) is 0 Å². The fourth-order valence-electron chi connectivity index (χ4n) is 5.43. The fourth-order valence-corrected chi connectivity index (χ4v) is 6.45. The van der Waals surface area contributed by atoms with Crippen LogP contribution in [-0.4, -0.2) is 41.1 Å². The molecule has 2 aliphatic heterocycles. The summed E-state index contributed by atoms with van der Waals surface area (Å²) in [7, 11) is 0. The van der Waals surface area contributed by atoms with Crippen LogP contribution in [0.25, 0.3) is 16.0 Å². The van der Waals surface area contributed by atoms with Crippen molar-refractivity contribution in [2.24, 2.45) is 0 Å². The molecule has 1 aromatic heterocycles. The predicted molar refractivity (Wildman–Crippen MR) is 163 cm³/mol. The Morgan fingerprint density at radius 2 is 1.90 bits per heavy atom. The van der Waals surface area contributed by atoms with Gasteiger partial charge < -0.3 is 19.3 Å². The van der Waals surface area contributed by atoms with Gasteiger partial charge in [0.15, 0.2) is 5.13 Å². The molecule has 2 aliphatic rings. The molecule has 3 aromatic carbocycles. The van der Waals surface area contributed by atoms with Gasteiger partial charge in [-0.2, -0.15) is 0 Å². The number of rotatable bonds is 9. The van der Waals surface area contributed by atoms with E-state index in [4.69, 9.17) is 19.2 Å². The molecule has 9 heteroatoms. The first-order chi connectivity index (χ1) is 20.4. The molecule has 8 nitrogen and oxygen atoms in total. The van der Waals surface area contributed by atoms with Gasteiger partial charge in [0.25, 0.3) is 5.78 Å². The molecule has 0 spiro atoms. The lowest BCUT2D eigenvalue weighted by atomic mass is 9.94. The Morgan fingerprint density at radius 1 is 1.07 bits per heavy atom. The van der Waals surface area contributed by atoms with E-state index in [1.165, 1.54) is 16.2 Å². The van der Waals surface area contributed by atoms with Crippen LogP contribution < -0.4 is 19.1 Å². The first kappa shape index (κ1) is 27.8. The highest BCUT2D eigenvalue weighted by molar-refractivity contribution is 7.22. The minimum atomic E-state index is -0.907. The molecule has 1 amide bonds. The molecular formula is C33H32N2O6S. The maximum atomic E-state index is 13.7. The summed E-state index contributed by atoms with van der Waals surface area (Å²) in [5.41, 5.74) is 2.72. The zero-order valence-electron chi connectivity index (χ0n) is 23.8. The van der Waals surface area contributed by atoms with Gasteiger partial charge in [0, 0.05) is 12.0 Å². The van der Waals surface area contributed by atoms with Crippen LogP contribution in [0.3, 0.4) is 0 Å². The second kappa shape index (κ2) is 11.5. The number of aliphatic hydroxyl groups is 1. The normalized spacial score (nSPS) is 19.3. The number of hydrogen-bond donors (Lipinski definition) is 1. The number of ketones is 1. The highest BCUT2D eigenvalue weighted by Gasteiger charge is 2.48. The largest absolute Gasteiger partial charge is 0.507 e. The number of ether oxygens (including phenoxy) is 3. The summed E-state index contributed by atoms with van der Waals surface area (Å²) in [4.78, 5) is 33.6. The highest BCUT2D eigenvalue weighted by atomic mass is 32.1. The molecule has 3 heterocycles. The standard InChI is InChI=1S/C33H32N2O6S/c1-4-6-14-40-23-9-7-8-20(17-23)29-28(30(36)21-10-13-26-22(16-21)15-19(3)41-26)31(37)32(38)35(29)33-34-25-12-11-24(39-5-2)18-27(25)42-33/h7-13,16-19,29,36H,4-6,14-15H2,1-3H3. The van der Waals surface area contributed by atoms with E-state index in [0.717, 1.165) is 28.9 Å². The van der Waals surface area contributed by atoms with Gasteiger partial charge in [-0.1, -0.05) is 36.8 Å². The van der Waals surface area contributed by atoms with Gasteiger partial charge in [0.05, 0.1) is 35.0 Å². The first-order valence-electron chi connectivity index (χ1n) is 14.2. The van der Waals surface area contributed by atoms with Gasteiger partial charge >= 0.3 is 5.91 Å². The maximum Gasteiger partial charge on any atom is 0.301 e. The van der Waals surface area contributed by atoms with Gasteiger partial charge in [-0.05, 0) is 79.9 Å². The maximum absolute atomic E-state index is 13.7. The summed E-state index contributed by atoms with van der Waals surface area (Å²) in [6, 6.07) is 17.3. The number of benzene rings is 3. The molecule has 2 unspecified atom stereocenters. The molecule has 0 saturated carbocycles. The number of carbonyl (C=O) groups excluding carboxylic acids is 2. The Balaban J connectivity index is 1.48. The number of anilines is 1. The molecule has 0 bridgehead atoms. The highest BCUT2D eigenvalue weighted by Crippen LogP contribution is 2.45. The summed E-state index contributed by atoms with van der Waals surface area (Å²) in [5.74, 6) is 0.330. The van der Waals surface area contributed by atoms with Crippen LogP contribution in [0.15, 0.2) is 66.2 Å². The van der Waals surface area contributed by atoms with Gasteiger partial charge in [0.2, 0.25) is 0 Å². The number of nitrogens with zero attached hydrogens (tertiary/aromatic N) is 2. The number of amides is 1. The zero-order chi connectivity index (χ0) is 29.4. The minimum Gasteiger partial charge on any atom is -0.507 e. The van der Waals surface area contributed by atoms with E-state index in [9.17, 15) is 14.7 Å². The van der Waals surface area contributed by atoms with Crippen molar-refractivity contribution in [2.45, 2.75) is 52.2 Å². The molecule has 1 N–H and O–H groups in total. The Bertz CT molecular complexity index is 1710. The average Bonchev–Trinajstić information content (AvgIpc) is 3.65. The van der Waals surface area contributed by atoms with Crippen molar-refractivity contribution >= 4 is 44.1 Å². The van der Waals surface area contributed by atoms with Crippen LogP contribution in [0.2, 0.25) is 0 Å². The Morgan fingerprint density at radius 3 is 2.71 bits per heavy atom. The molecule has 216 valence electrons. The number of hydrogen-bond acceptors (Lipinski definition) is 8. The number of Topliss-reactive ketones (excluding diaryl/α,β-unsaturated/α-hetero) is 1. The topological polar surface area (TPSA) is 98.2 Å². The summed E-state index contributed by atoms with van der Waals surface area (Å²) in [6.45, 7) is 7.06. The monoisotopic (exact) mass is 584 g/mol. The van der Waals surface area contributed by atoms with Gasteiger partial charge in [-0.15, -0.1) is 0 Å². The predicted octanol–water partition coefficient (Wildman–Crippen LogP) is 6.82. The van der Waals surface area contributed by atoms with E-state index < -0.39 is 17.7 Å². The van der Waals surface area contributed by atoms with E-state index in [2.05, 4.69) is 6.92 Å². The number of fused-ring (bicyclic) bond motifs is 2. The first-order valence-corrected chi connectivity index (χ1v) is 15.1. The van der Waals surface area contributed by atoms with Crippen LogP contribution >= 0.6 is 11.3 Å². The lowest BCUT2D eigenvalue weighted by Gasteiger charge is -2.23. The van der Waals surface area contributed by atoms with E-state index in [1.807, 2.05) is 62.4 Å². The summed E-state index contributed by atoms with van der Waals surface area (Å²) in [5, 5.41) is 12.0. The van der Waals surface area contributed by atoms with Crippen LogP contribution in [-0.2, 0) is 16.0 Å². The average molecular weight is 585 g/mol. The van der Waals surface area contributed by atoms with E-state index in [0.29, 0.717) is 52.9 Å². The molecular weight excluding hydrogens is 552 g/mol. The molecule has 6 rings (SSSR count). The number of carbonyl (C=O) groups is 2. The van der Waals surface area contributed by atoms with E-state index in [-0.39, 0.29) is 17.4 Å². The third-order valence-electron chi connectivity index (χ3n) is 7.42. The van der Waals surface area contributed by atoms with Crippen LogP contribution in [0.1, 0.15) is 56.3 Å². The summed E-state index contributed by atoms with van der Waals surface area (Å²) in [6.07, 6.45) is 2.62. The fraction of sp³-hybridized carbons (Fsp3) is 0.303. The van der Waals surface area contributed by atoms with Gasteiger partial charge in [-0.3, -0.25) is 14.5 Å². The Kier molecular flexibility index (Phi) is 7.60. The van der Waals surface area contributed by atoms with E-state index in [1.54, 1.807) is 12.1 Å². The van der Waals surface area contributed by atoms with Gasteiger partial charge in [-0.25, -0.2) is 4.98 Å². The quantitative estimate of drug-likeness (QED) is 0.0997. The Labute approximate surface area is 248 Å². The minimum absolute atomic E-state index is 0.00637. The number of unbranched alkanes of at least 4 members (excludes halogenated alkanes) is 1.